The maximum absolute atomic E-state index is 13.4. The predicted octanol–water partition coefficient (Wildman–Crippen LogP) is 3.48. The van der Waals surface area contributed by atoms with Gasteiger partial charge in [0.05, 0.1) is 12.6 Å². The van der Waals surface area contributed by atoms with Crippen LogP contribution in [0.25, 0.3) is 0 Å². The number of urea groups is 1. The molecule has 0 spiro atoms. The smallest absolute Gasteiger partial charge is 0.324 e. The van der Waals surface area contributed by atoms with Gasteiger partial charge in [-0.05, 0) is 62.6 Å². The number of hydrogen-bond donors (Lipinski definition) is 2. The van der Waals surface area contributed by atoms with Crippen molar-refractivity contribution in [2.75, 3.05) is 18.4 Å². The molecule has 2 aliphatic heterocycles. The Morgan fingerprint density at radius 2 is 1.91 bits per heavy atom. The highest BCUT2D eigenvalue weighted by Gasteiger charge is 2.47. The van der Waals surface area contributed by atoms with Gasteiger partial charge in [-0.1, -0.05) is 41.4 Å². The van der Waals surface area contributed by atoms with Crippen molar-refractivity contribution >= 4 is 35.1 Å². The predicted molar refractivity (Wildman–Crippen MR) is 123 cm³/mol. The van der Waals surface area contributed by atoms with E-state index in [0.717, 1.165) is 28.8 Å². The van der Waals surface area contributed by atoms with E-state index in [2.05, 4.69) is 10.6 Å². The average Bonchev–Trinajstić information content (AvgIpc) is 2.77. The average molecular weight is 455 g/mol. The summed E-state index contributed by atoms with van der Waals surface area (Å²) in [6, 6.07) is 11.5. The van der Waals surface area contributed by atoms with Gasteiger partial charge in [0.2, 0.25) is 11.8 Å². The molecule has 2 saturated heterocycles. The van der Waals surface area contributed by atoms with Crippen LogP contribution in [0.1, 0.15) is 29.5 Å². The third kappa shape index (κ3) is 4.64. The Hall–Kier alpha value is -2.90. The number of benzene rings is 2. The molecule has 0 aliphatic carbocycles. The van der Waals surface area contributed by atoms with Crippen LogP contribution in [0.15, 0.2) is 42.5 Å². The Balaban J connectivity index is 1.54. The van der Waals surface area contributed by atoms with Crippen molar-refractivity contribution in [1.82, 2.24) is 15.1 Å². The normalized spacial score (nSPS) is 20.8. The Kier molecular flexibility index (Phi) is 6.48. The maximum Gasteiger partial charge on any atom is 0.327 e. The molecule has 8 heteroatoms. The highest BCUT2D eigenvalue weighted by molar-refractivity contribution is 6.30. The van der Waals surface area contributed by atoms with Crippen LogP contribution < -0.4 is 10.6 Å². The molecular weight excluding hydrogens is 428 g/mol. The number of anilines is 1. The van der Waals surface area contributed by atoms with E-state index in [1.165, 1.54) is 9.80 Å². The molecule has 4 rings (SSSR count). The number of fused-ring (bicyclic) bond motifs is 1. The number of piperidine rings is 1. The molecule has 2 aliphatic rings. The zero-order valence-corrected chi connectivity index (χ0v) is 19.0. The summed E-state index contributed by atoms with van der Waals surface area (Å²) in [6.07, 6.45) is 1.52. The van der Waals surface area contributed by atoms with Crippen LogP contribution in [-0.4, -0.2) is 52.8 Å². The largest absolute Gasteiger partial charge is 0.327 e. The second-order valence-corrected chi connectivity index (χ2v) is 8.91. The first-order valence-electron chi connectivity index (χ1n) is 10.8. The zero-order chi connectivity index (χ0) is 22.8. The number of aryl methyl sites for hydroxylation is 2. The van der Waals surface area contributed by atoms with Crippen molar-refractivity contribution < 1.29 is 14.4 Å². The van der Waals surface area contributed by atoms with Crippen LogP contribution in [-0.2, 0) is 16.1 Å². The van der Waals surface area contributed by atoms with Crippen molar-refractivity contribution in [2.45, 2.75) is 45.3 Å². The molecule has 2 unspecified atom stereocenters. The summed E-state index contributed by atoms with van der Waals surface area (Å²) in [5.41, 5.74) is 3.58. The minimum Gasteiger partial charge on any atom is -0.324 e. The number of nitrogens with one attached hydrogen (secondary N) is 2. The van der Waals surface area contributed by atoms with E-state index in [9.17, 15) is 14.4 Å². The molecule has 2 atom stereocenters. The summed E-state index contributed by atoms with van der Waals surface area (Å²) >= 11 is 5.96. The van der Waals surface area contributed by atoms with Crippen LogP contribution in [0.5, 0.6) is 0 Å². The van der Waals surface area contributed by atoms with E-state index < -0.39 is 12.1 Å². The van der Waals surface area contributed by atoms with Gasteiger partial charge < -0.3 is 15.5 Å². The summed E-state index contributed by atoms with van der Waals surface area (Å²) in [5.74, 6) is -0.531. The lowest BCUT2D eigenvalue weighted by atomic mass is 9.93. The molecule has 2 N–H and O–H groups in total. The fourth-order valence-corrected chi connectivity index (χ4v) is 4.55. The number of amides is 4. The molecule has 2 fully saturated rings. The number of carbonyl (C=O) groups is 3. The minimum absolute atomic E-state index is 0.112. The van der Waals surface area contributed by atoms with E-state index in [1.807, 2.05) is 32.0 Å². The Morgan fingerprint density at radius 3 is 2.62 bits per heavy atom. The van der Waals surface area contributed by atoms with Gasteiger partial charge in [0.15, 0.2) is 0 Å². The third-order valence-corrected chi connectivity index (χ3v) is 6.31. The van der Waals surface area contributed by atoms with Crippen molar-refractivity contribution in [3.8, 4) is 0 Å². The molecule has 0 radical (unpaired) electrons. The SMILES string of the molecule is Cc1ccc(NC(=O)CN2C(=O)N(Cc3ccc(Cl)cc3)C(=O)C3NCCCC32)c(C)c1. The molecule has 0 aromatic heterocycles. The monoisotopic (exact) mass is 454 g/mol. The zero-order valence-electron chi connectivity index (χ0n) is 18.2. The molecule has 32 heavy (non-hydrogen) atoms. The van der Waals surface area contributed by atoms with E-state index in [0.29, 0.717) is 18.0 Å². The summed E-state index contributed by atoms with van der Waals surface area (Å²) < 4.78 is 0. The van der Waals surface area contributed by atoms with E-state index in [-0.39, 0.29) is 30.9 Å². The summed E-state index contributed by atoms with van der Waals surface area (Å²) in [6.45, 7) is 4.66. The van der Waals surface area contributed by atoms with Crippen LogP contribution in [0, 0.1) is 13.8 Å². The number of nitrogens with zero attached hydrogens (tertiary/aromatic N) is 2. The molecule has 0 saturated carbocycles. The summed E-state index contributed by atoms with van der Waals surface area (Å²) in [7, 11) is 0. The van der Waals surface area contributed by atoms with E-state index >= 15 is 0 Å². The minimum atomic E-state index is -0.511. The van der Waals surface area contributed by atoms with Crippen molar-refractivity contribution in [3.63, 3.8) is 0 Å². The fourth-order valence-electron chi connectivity index (χ4n) is 4.42. The number of carbonyl (C=O) groups excluding carboxylic acids is 3. The first kappa shape index (κ1) is 22.3. The molecule has 168 valence electrons. The molecular formula is C24H27ClN4O3. The first-order valence-corrected chi connectivity index (χ1v) is 11.2. The van der Waals surface area contributed by atoms with Gasteiger partial charge in [0.1, 0.15) is 12.6 Å². The lowest BCUT2D eigenvalue weighted by Crippen LogP contribution is -2.70. The lowest BCUT2D eigenvalue weighted by molar-refractivity contribution is -0.138. The molecule has 4 amide bonds. The Bertz CT molecular complexity index is 1040. The molecule has 2 aromatic carbocycles. The number of hydrogen-bond acceptors (Lipinski definition) is 4. The second kappa shape index (κ2) is 9.30. The number of halogens is 1. The first-order chi connectivity index (χ1) is 15.3. The van der Waals surface area contributed by atoms with E-state index in [1.54, 1.807) is 24.3 Å². The summed E-state index contributed by atoms with van der Waals surface area (Å²) in [5, 5.41) is 6.74. The van der Waals surface area contributed by atoms with Crippen LogP contribution in [0.3, 0.4) is 0 Å². The standard InChI is InChI=1S/C24H27ClN4O3/c1-15-5-10-19(16(2)12-15)27-21(30)14-28-20-4-3-11-26-22(20)23(31)29(24(28)32)13-17-6-8-18(25)9-7-17/h5-10,12,20,22,26H,3-4,11,13-14H2,1-2H3,(H,27,30). The highest BCUT2D eigenvalue weighted by Crippen LogP contribution is 2.26. The van der Waals surface area contributed by atoms with Gasteiger partial charge >= 0.3 is 6.03 Å². The summed E-state index contributed by atoms with van der Waals surface area (Å²) in [4.78, 5) is 42.1. The molecule has 2 aromatic rings. The van der Waals surface area contributed by atoms with Gasteiger partial charge in [-0.2, -0.15) is 0 Å². The molecule has 2 heterocycles. The van der Waals surface area contributed by atoms with Crippen LogP contribution in [0.2, 0.25) is 5.02 Å². The second-order valence-electron chi connectivity index (χ2n) is 8.47. The van der Waals surface area contributed by atoms with Crippen molar-refractivity contribution in [2.24, 2.45) is 0 Å². The quantitative estimate of drug-likeness (QED) is 0.724. The van der Waals surface area contributed by atoms with Gasteiger partial charge in [-0.25, -0.2) is 4.79 Å². The molecule has 7 nitrogen and oxygen atoms in total. The van der Waals surface area contributed by atoms with Crippen LogP contribution >= 0.6 is 11.6 Å². The third-order valence-electron chi connectivity index (χ3n) is 6.06. The molecule has 0 bridgehead atoms. The van der Waals surface area contributed by atoms with Crippen molar-refractivity contribution in [3.05, 3.63) is 64.2 Å². The van der Waals surface area contributed by atoms with E-state index in [4.69, 9.17) is 11.6 Å². The fraction of sp³-hybridized carbons (Fsp3) is 0.375. The van der Waals surface area contributed by atoms with Crippen molar-refractivity contribution in [1.29, 1.82) is 0 Å². The van der Waals surface area contributed by atoms with Gasteiger partial charge in [-0.15, -0.1) is 0 Å². The Morgan fingerprint density at radius 1 is 1.16 bits per heavy atom. The maximum atomic E-state index is 13.4. The lowest BCUT2D eigenvalue weighted by Gasteiger charge is -2.46. The number of imide groups is 1. The van der Waals surface area contributed by atoms with Gasteiger partial charge in [0.25, 0.3) is 0 Å². The Labute approximate surface area is 192 Å². The van der Waals surface area contributed by atoms with Gasteiger partial charge in [-0.3, -0.25) is 14.5 Å². The van der Waals surface area contributed by atoms with Crippen LogP contribution in [0.4, 0.5) is 10.5 Å². The van der Waals surface area contributed by atoms with Gasteiger partial charge in [0, 0.05) is 10.7 Å². The topological polar surface area (TPSA) is 81.8 Å². The number of rotatable bonds is 5. The highest BCUT2D eigenvalue weighted by atomic mass is 35.5.